The third-order valence-corrected chi connectivity index (χ3v) is 5.84. The molecule has 0 radical (unpaired) electrons. The van der Waals surface area contributed by atoms with E-state index in [4.69, 9.17) is 4.74 Å². The van der Waals surface area contributed by atoms with Gasteiger partial charge in [-0.1, -0.05) is 11.3 Å². The zero-order valence-electron chi connectivity index (χ0n) is 19.1. The molecule has 176 valence electrons. The van der Waals surface area contributed by atoms with Crippen LogP contribution in [0.25, 0.3) is 16.9 Å². The van der Waals surface area contributed by atoms with Gasteiger partial charge in [-0.15, -0.1) is 5.10 Å². The van der Waals surface area contributed by atoms with Crippen LogP contribution in [-0.4, -0.2) is 81.1 Å². The zero-order valence-corrected chi connectivity index (χ0v) is 19.1. The van der Waals surface area contributed by atoms with Crippen molar-refractivity contribution in [2.45, 2.75) is 6.42 Å². The summed E-state index contributed by atoms with van der Waals surface area (Å²) < 4.78 is 21.0. The number of benzene rings is 2. The fourth-order valence-corrected chi connectivity index (χ4v) is 3.88. The molecule has 3 heterocycles. The maximum Gasteiger partial charge on any atom is 0.229 e. The van der Waals surface area contributed by atoms with Crippen molar-refractivity contribution in [2.75, 3.05) is 51.7 Å². The summed E-state index contributed by atoms with van der Waals surface area (Å²) in [5.74, 6) is 0.872. The zero-order chi connectivity index (χ0) is 23.3. The van der Waals surface area contributed by atoms with Crippen molar-refractivity contribution in [2.24, 2.45) is 0 Å². The number of ether oxygens (including phenoxy) is 1. The Balaban J connectivity index is 1.18. The van der Waals surface area contributed by atoms with E-state index < -0.39 is 0 Å². The summed E-state index contributed by atoms with van der Waals surface area (Å²) in [4.78, 5) is 13.7. The van der Waals surface area contributed by atoms with Gasteiger partial charge in [0, 0.05) is 38.4 Å². The lowest BCUT2D eigenvalue weighted by Crippen LogP contribution is -2.44. The second-order valence-electron chi connectivity index (χ2n) is 8.38. The average molecular weight is 463 g/mol. The van der Waals surface area contributed by atoms with Crippen LogP contribution in [0.1, 0.15) is 6.42 Å². The quantitative estimate of drug-likeness (QED) is 0.400. The Kier molecular flexibility index (Phi) is 6.59. The lowest BCUT2D eigenvalue weighted by molar-refractivity contribution is 0.145. The lowest BCUT2D eigenvalue weighted by atomic mass is 10.3. The van der Waals surface area contributed by atoms with Crippen LogP contribution in [0, 0.1) is 5.82 Å². The molecule has 0 unspecified atom stereocenters. The number of nitrogens with one attached hydrogen (secondary N) is 1. The van der Waals surface area contributed by atoms with Crippen molar-refractivity contribution in [1.82, 2.24) is 34.8 Å². The van der Waals surface area contributed by atoms with Gasteiger partial charge in [0.25, 0.3) is 0 Å². The van der Waals surface area contributed by atoms with E-state index in [1.807, 2.05) is 24.3 Å². The van der Waals surface area contributed by atoms with Gasteiger partial charge in [-0.2, -0.15) is 9.67 Å². The van der Waals surface area contributed by atoms with E-state index >= 15 is 0 Å². The summed E-state index contributed by atoms with van der Waals surface area (Å²) in [6, 6.07) is 13.8. The van der Waals surface area contributed by atoms with Gasteiger partial charge in [-0.3, -0.25) is 0 Å². The standard InChI is InChI=1S/C24H27FN8O/c1-31-11-13-32(14-12-31)10-3-15-34-21-8-6-19(7-9-21)27-24-26-17-22-23(28-24)33(30-29-22)20-5-2-4-18(25)16-20/h2,4-9,16-17H,3,10-15H2,1H3,(H,26,27,28). The second kappa shape index (κ2) is 10.1. The van der Waals surface area contributed by atoms with Crippen molar-refractivity contribution >= 4 is 22.8 Å². The molecule has 0 atom stereocenters. The second-order valence-corrected chi connectivity index (χ2v) is 8.38. The van der Waals surface area contributed by atoms with Gasteiger partial charge in [0.2, 0.25) is 5.95 Å². The molecular weight excluding hydrogens is 435 g/mol. The molecule has 1 saturated heterocycles. The monoisotopic (exact) mass is 462 g/mol. The van der Waals surface area contributed by atoms with Crippen LogP contribution in [0.15, 0.2) is 54.7 Å². The molecule has 1 fully saturated rings. The summed E-state index contributed by atoms with van der Waals surface area (Å²) in [5, 5.41) is 11.3. The van der Waals surface area contributed by atoms with E-state index in [1.54, 1.807) is 18.3 Å². The number of hydrogen-bond donors (Lipinski definition) is 1. The molecule has 1 aliphatic heterocycles. The molecule has 2 aromatic heterocycles. The highest BCUT2D eigenvalue weighted by Gasteiger charge is 2.13. The number of anilines is 2. The number of rotatable bonds is 8. The highest BCUT2D eigenvalue weighted by Crippen LogP contribution is 2.21. The van der Waals surface area contributed by atoms with E-state index in [0.29, 0.717) is 29.4 Å². The number of likely N-dealkylation sites (N-methyl/N-ethyl adjacent to an activating group) is 1. The molecule has 1 aliphatic rings. The Hall–Kier alpha value is -3.63. The van der Waals surface area contributed by atoms with Gasteiger partial charge in [0.05, 0.1) is 18.5 Å². The first-order valence-electron chi connectivity index (χ1n) is 11.4. The van der Waals surface area contributed by atoms with Crippen LogP contribution in [0.4, 0.5) is 16.0 Å². The van der Waals surface area contributed by atoms with Gasteiger partial charge < -0.3 is 19.9 Å². The highest BCUT2D eigenvalue weighted by atomic mass is 19.1. The lowest BCUT2D eigenvalue weighted by Gasteiger charge is -2.32. The molecule has 1 N–H and O–H groups in total. The Bertz CT molecular complexity index is 1240. The molecule has 0 saturated carbocycles. The van der Waals surface area contributed by atoms with Gasteiger partial charge in [-0.25, -0.2) is 9.37 Å². The molecule has 9 nitrogen and oxygen atoms in total. The van der Waals surface area contributed by atoms with Crippen molar-refractivity contribution in [3.63, 3.8) is 0 Å². The third-order valence-electron chi connectivity index (χ3n) is 5.84. The van der Waals surface area contributed by atoms with Gasteiger partial charge in [-0.05, 0) is 55.9 Å². The highest BCUT2D eigenvalue weighted by molar-refractivity contribution is 5.72. The van der Waals surface area contributed by atoms with Crippen molar-refractivity contribution in [1.29, 1.82) is 0 Å². The molecule has 0 bridgehead atoms. The van der Waals surface area contributed by atoms with Crippen LogP contribution in [0.5, 0.6) is 5.75 Å². The summed E-state index contributed by atoms with van der Waals surface area (Å²) in [7, 11) is 2.17. The molecule has 0 aliphatic carbocycles. The maximum absolute atomic E-state index is 13.6. The fraction of sp³-hybridized carbons (Fsp3) is 0.333. The minimum absolute atomic E-state index is 0.352. The SMILES string of the molecule is CN1CCN(CCCOc2ccc(Nc3ncc4nnn(-c5cccc(F)c5)c4n3)cc2)CC1. The molecule has 10 heteroatoms. The largest absolute Gasteiger partial charge is 0.494 e. The number of aromatic nitrogens is 5. The number of halogens is 1. The van der Waals surface area contributed by atoms with Gasteiger partial charge in [0.1, 0.15) is 11.6 Å². The molecule has 2 aromatic carbocycles. The molecule has 34 heavy (non-hydrogen) atoms. The minimum Gasteiger partial charge on any atom is -0.494 e. The summed E-state index contributed by atoms with van der Waals surface area (Å²) in [6.07, 6.45) is 2.59. The van der Waals surface area contributed by atoms with E-state index in [0.717, 1.165) is 50.6 Å². The van der Waals surface area contributed by atoms with Crippen LogP contribution in [-0.2, 0) is 0 Å². The Labute approximate surface area is 197 Å². The fourth-order valence-electron chi connectivity index (χ4n) is 3.88. The van der Waals surface area contributed by atoms with Crippen molar-refractivity contribution in [3.05, 3.63) is 60.5 Å². The molecule has 0 spiro atoms. The number of piperazine rings is 1. The summed E-state index contributed by atoms with van der Waals surface area (Å²) in [5.41, 5.74) is 2.38. The Morgan fingerprint density at radius 3 is 2.68 bits per heavy atom. The molecular formula is C24H27FN8O. The van der Waals surface area contributed by atoms with Crippen molar-refractivity contribution in [3.8, 4) is 11.4 Å². The normalized spacial score (nSPS) is 15.0. The maximum atomic E-state index is 13.6. The predicted octanol–water partition coefficient (Wildman–Crippen LogP) is 3.11. The predicted molar refractivity (Wildman–Crippen MR) is 128 cm³/mol. The average Bonchev–Trinajstić information content (AvgIpc) is 3.27. The van der Waals surface area contributed by atoms with E-state index in [-0.39, 0.29) is 5.82 Å². The van der Waals surface area contributed by atoms with E-state index in [9.17, 15) is 4.39 Å². The first-order chi connectivity index (χ1) is 16.6. The summed E-state index contributed by atoms with van der Waals surface area (Å²) >= 11 is 0. The van der Waals surface area contributed by atoms with Crippen LogP contribution < -0.4 is 10.1 Å². The number of nitrogens with zero attached hydrogens (tertiary/aromatic N) is 7. The molecule has 0 amide bonds. The first kappa shape index (κ1) is 22.2. The van der Waals surface area contributed by atoms with Crippen LogP contribution in [0.2, 0.25) is 0 Å². The number of hydrogen-bond acceptors (Lipinski definition) is 8. The minimum atomic E-state index is -0.352. The topological polar surface area (TPSA) is 84.2 Å². The van der Waals surface area contributed by atoms with E-state index in [2.05, 4.69) is 42.4 Å². The Morgan fingerprint density at radius 1 is 1.06 bits per heavy atom. The van der Waals surface area contributed by atoms with Crippen LogP contribution >= 0.6 is 0 Å². The van der Waals surface area contributed by atoms with Gasteiger partial charge >= 0.3 is 0 Å². The van der Waals surface area contributed by atoms with Gasteiger partial charge in [0.15, 0.2) is 11.2 Å². The first-order valence-corrected chi connectivity index (χ1v) is 11.4. The molecule has 4 aromatic rings. The Morgan fingerprint density at radius 2 is 1.88 bits per heavy atom. The molecule has 5 rings (SSSR count). The van der Waals surface area contributed by atoms with Crippen molar-refractivity contribution < 1.29 is 9.13 Å². The summed E-state index contributed by atoms with van der Waals surface area (Å²) in [6.45, 7) is 6.28. The van der Waals surface area contributed by atoms with Crippen LogP contribution in [0.3, 0.4) is 0 Å². The smallest absolute Gasteiger partial charge is 0.229 e. The van der Waals surface area contributed by atoms with E-state index in [1.165, 1.54) is 16.8 Å². The number of fused-ring (bicyclic) bond motifs is 1. The third kappa shape index (κ3) is 5.29.